The summed E-state index contributed by atoms with van der Waals surface area (Å²) in [6, 6.07) is 0. The van der Waals surface area contributed by atoms with Crippen LogP contribution in [0.4, 0.5) is 5.95 Å². The predicted octanol–water partition coefficient (Wildman–Crippen LogP) is 1.31. The fourth-order valence-electron chi connectivity index (χ4n) is 1.12. The molecular formula is C9H11N5O2S2. The van der Waals surface area contributed by atoms with E-state index in [0.717, 1.165) is 5.69 Å². The Morgan fingerprint density at radius 3 is 3.11 bits per heavy atom. The van der Waals surface area contributed by atoms with Crippen molar-refractivity contribution < 1.29 is 9.53 Å². The minimum absolute atomic E-state index is 0.281. The van der Waals surface area contributed by atoms with Crippen LogP contribution < -0.4 is 5.73 Å². The maximum absolute atomic E-state index is 11.4. The Balaban J connectivity index is 1.92. The maximum Gasteiger partial charge on any atom is 0.367 e. The molecule has 0 aliphatic heterocycles. The van der Waals surface area contributed by atoms with Crippen LogP contribution in [0.25, 0.3) is 0 Å². The van der Waals surface area contributed by atoms with Crippen LogP contribution in [0.3, 0.4) is 0 Å². The second-order valence-corrected chi connectivity index (χ2v) is 4.96. The van der Waals surface area contributed by atoms with Gasteiger partial charge in [-0.3, -0.25) is 0 Å². The highest BCUT2D eigenvalue weighted by molar-refractivity contribution is 7.98. The van der Waals surface area contributed by atoms with Crippen LogP contribution >= 0.6 is 23.1 Å². The molecule has 96 valence electrons. The van der Waals surface area contributed by atoms with Gasteiger partial charge < -0.3 is 10.5 Å². The number of H-pyrrole nitrogens is 1. The van der Waals surface area contributed by atoms with Crippen molar-refractivity contribution in [2.45, 2.75) is 17.8 Å². The van der Waals surface area contributed by atoms with E-state index in [1.165, 1.54) is 23.1 Å². The normalized spacial score (nSPS) is 10.5. The first-order valence-electron chi connectivity index (χ1n) is 5.11. The summed E-state index contributed by atoms with van der Waals surface area (Å²) in [7, 11) is 0. The topological polar surface area (TPSA) is 107 Å². The maximum atomic E-state index is 11.4. The SMILES string of the molecule is CCOC(=O)c1nc(CSc2n[nH]c(N)n2)cs1. The van der Waals surface area contributed by atoms with Crippen molar-refractivity contribution in [3.63, 3.8) is 0 Å². The molecule has 0 aromatic carbocycles. The molecule has 0 amide bonds. The zero-order valence-electron chi connectivity index (χ0n) is 9.54. The number of nitrogens with two attached hydrogens (primary N) is 1. The first kappa shape index (κ1) is 12.8. The van der Waals surface area contributed by atoms with Gasteiger partial charge in [-0.1, -0.05) is 11.8 Å². The quantitative estimate of drug-likeness (QED) is 0.630. The third-order valence-electron chi connectivity index (χ3n) is 1.83. The lowest BCUT2D eigenvalue weighted by Gasteiger charge is -1.95. The van der Waals surface area contributed by atoms with Crippen LogP contribution in [0.1, 0.15) is 22.4 Å². The molecule has 0 fully saturated rings. The predicted molar refractivity (Wildman–Crippen MR) is 68.4 cm³/mol. The second kappa shape index (κ2) is 5.83. The van der Waals surface area contributed by atoms with E-state index in [9.17, 15) is 4.79 Å². The first-order chi connectivity index (χ1) is 8.69. The van der Waals surface area contributed by atoms with Gasteiger partial charge in [0.05, 0.1) is 12.3 Å². The lowest BCUT2D eigenvalue weighted by Crippen LogP contribution is -2.03. The van der Waals surface area contributed by atoms with Crippen molar-refractivity contribution in [1.82, 2.24) is 20.2 Å². The minimum atomic E-state index is -0.388. The van der Waals surface area contributed by atoms with Crippen molar-refractivity contribution in [2.24, 2.45) is 0 Å². The molecule has 3 N–H and O–H groups in total. The van der Waals surface area contributed by atoms with Gasteiger partial charge in [0, 0.05) is 11.1 Å². The van der Waals surface area contributed by atoms with Gasteiger partial charge >= 0.3 is 5.97 Å². The van der Waals surface area contributed by atoms with E-state index in [-0.39, 0.29) is 11.9 Å². The number of esters is 1. The molecule has 7 nitrogen and oxygen atoms in total. The van der Waals surface area contributed by atoms with Crippen molar-refractivity contribution in [3.8, 4) is 0 Å². The zero-order chi connectivity index (χ0) is 13.0. The number of rotatable bonds is 5. The standard InChI is InChI=1S/C9H11N5O2S2/c1-2-16-7(15)6-11-5(3-17-6)4-18-9-12-8(10)13-14-9/h3H,2,4H2,1H3,(H3,10,12,13,14). The van der Waals surface area contributed by atoms with Gasteiger partial charge in [0.1, 0.15) is 0 Å². The number of nitrogen functional groups attached to an aromatic ring is 1. The number of carbonyl (C=O) groups excluding carboxylic acids is 1. The molecule has 0 saturated carbocycles. The molecule has 0 unspecified atom stereocenters. The van der Waals surface area contributed by atoms with E-state index in [0.29, 0.717) is 22.5 Å². The molecule has 2 heterocycles. The third kappa shape index (κ3) is 3.20. The lowest BCUT2D eigenvalue weighted by atomic mass is 10.6. The van der Waals surface area contributed by atoms with E-state index >= 15 is 0 Å². The molecular weight excluding hydrogens is 274 g/mol. The third-order valence-corrected chi connectivity index (χ3v) is 3.59. The minimum Gasteiger partial charge on any atom is -0.461 e. The average molecular weight is 285 g/mol. The fraction of sp³-hybridized carbons (Fsp3) is 0.333. The van der Waals surface area contributed by atoms with Gasteiger partial charge in [-0.15, -0.1) is 16.4 Å². The fourth-order valence-corrected chi connectivity index (χ4v) is 2.63. The number of aromatic nitrogens is 4. The number of aromatic amines is 1. The summed E-state index contributed by atoms with van der Waals surface area (Å²) < 4.78 is 4.86. The van der Waals surface area contributed by atoms with Crippen LogP contribution in [-0.4, -0.2) is 32.7 Å². The second-order valence-electron chi connectivity index (χ2n) is 3.16. The number of anilines is 1. The van der Waals surface area contributed by atoms with Gasteiger partial charge in [-0.05, 0) is 6.92 Å². The Kier molecular flexibility index (Phi) is 4.15. The van der Waals surface area contributed by atoms with E-state index in [4.69, 9.17) is 10.5 Å². The van der Waals surface area contributed by atoms with Crippen molar-refractivity contribution >= 4 is 35.0 Å². The lowest BCUT2D eigenvalue weighted by molar-refractivity contribution is 0.0525. The Morgan fingerprint density at radius 1 is 1.61 bits per heavy atom. The summed E-state index contributed by atoms with van der Waals surface area (Å²) in [6.07, 6.45) is 0. The molecule has 9 heteroatoms. The van der Waals surface area contributed by atoms with E-state index in [1.54, 1.807) is 6.92 Å². The highest BCUT2D eigenvalue weighted by Gasteiger charge is 2.12. The summed E-state index contributed by atoms with van der Waals surface area (Å²) in [5.41, 5.74) is 6.20. The van der Waals surface area contributed by atoms with E-state index < -0.39 is 0 Å². The molecule has 0 bridgehead atoms. The smallest absolute Gasteiger partial charge is 0.367 e. The van der Waals surface area contributed by atoms with Crippen molar-refractivity contribution in [2.75, 3.05) is 12.3 Å². The van der Waals surface area contributed by atoms with Gasteiger partial charge in [-0.25, -0.2) is 14.9 Å². The van der Waals surface area contributed by atoms with Crippen LogP contribution in [0.2, 0.25) is 0 Å². The monoisotopic (exact) mass is 285 g/mol. The van der Waals surface area contributed by atoms with Crippen LogP contribution in [0.5, 0.6) is 0 Å². The largest absolute Gasteiger partial charge is 0.461 e. The Hall–Kier alpha value is -1.61. The highest BCUT2D eigenvalue weighted by Crippen LogP contribution is 2.21. The first-order valence-corrected chi connectivity index (χ1v) is 6.97. The number of hydrogen-bond donors (Lipinski definition) is 2. The molecule has 0 atom stereocenters. The molecule has 0 saturated heterocycles. The average Bonchev–Trinajstić information content (AvgIpc) is 2.95. The molecule has 2 rings (SSSR count). The number of ether oxygens (including phenoxy) is 1. The molecule has 2 aromatic rings. The van der Waals surface area contributed by atoms with Crippen LogP contribution in [0, 0.1) is 0 Å². The van der Waals surface area contributed by atoms with Crippen LogP contribution in [0.15, 0.2) is 10.5 Å². The van der Waals surface area contributed by atoms with Gasteiger partial charge in [0.25, 0.3) is 0 Å². The number of carbonyl (C=O) groups is 1. The summed E-state index contributed by atoms with van der Waals surface area (Å²) in [4.78, 5) is 19.5. The summed E-state index contributed by atoms with van der Waals surface area (Å²) in [5.74, 6) is 0.469. The van der Waals surface area contributed by atoms with E-state index in [2.05, 4.69) is 20.2 Å². The molecule has 0 aliphatic rings. The molecule has 18 heavy (non-hydrogen) atoms. The van der Waals surface area contributed by atoms with Gasteiger partial charge in [0.2, 0.25) is 16.1 Å². The number of thiazole rings is 1. The van der Waals surface area contributed by atoms with Crippen molar-refractivity contribution in [3.05, 3.63) is 16.1 Å². The van der Waals surface area contributed by atoms with Gasteiger partial charge in [0.15, 0.2) is 0 Å². The highest BCUT2D eigenvalue weighted by atomic mass is 32.2. The number of nitrogens with one attached hydrogen (secondary N) is 1. The Labute approximate surface area is 111 Å². The molecule has 2 aromatic heterocycles. The number of hydrogen-bond acceptors (Lipinski definition) is 8. The number of nitrogens with zero attached hydrogens (tertiary/aromatic N) is 3. The summed E-state index contributed by atoms with van der Waals surface area (Å²) in [5, 5.41) is 9.17. The van der Waals surface area contributed by atoms with Gasteiger partial charge in [-0.2, -0.15) is 4.98 Å². The Morgan fingerprint density at radius 2 is 2.44 bits per heavy atom. The zero-order valence-corrected chi connectivity index (χ0v) is 11.2. The van der Waals surface area contributed by atoms with Crippen molar-refractivity contribution in [1.29, 1.82) is 0 Å². The van der Waals surface area contributed by atoms with E-state index in [1.807, 2.05) is 5.38 Å². The number of thioether (sulfide) groups is 1. The summed E-state index contributed by atoms with van der Waals surface area (Å²) >= 11 is 2.66. The molecule has 0 aliphatic carbocycles. The Bertz CT molecular complexity index is 539. The van der Waals surface area contributed by atoms with Crippen LogP contribution in [-0.2, 0) is 10.5 Å². The summed E-state index contributed by atoms with van der Waals surface area (Å²) in [6.45, 7) is 2.11. The molecule has 0 radical (unpaired) electrons. The molecule has 0 spiro atoms.